The fraction of sp³-hybridized carbons (Fsp3) is 0.200. The number of nitrogens with one attached hydrogen (secondary N) is 1. The van der Waals surface area contributed by atoms with Crippen molar-refractivity contribution >= 4 is 11.4 Å². The largest absolute Gasteiger partial charge is 0.356 e. The van der Waals surface area contributed by atoms with Gasteiger partial charge in [0.15, 0.2) is 0 Å². The number of rotatable bonds is 4. The molecule has 87 valence electrons. The molecule has 0 heterocycles. The Kier molecular flexibility index (Phi) is 3.78. The van der Waals surface area contributed by atoms with Gasteiger partial charge in [-0.1, -0.05) is 24.3 Å². The van der Waals surface area contributed by atoms with Gasteiger partial charge in [0.2, 0.25) is 0 Å². The van der Waals surface area contributed by atoms with E-state index in [2.05, 4.69) is 54.6 Å². The summed E-state index contributed by atoms with van der Waals surface area (Å²) in [7, 11) is 4.15. The average molecular weight is 225 g/mol. The Bertz CT molecular complexity index is 446. The third-order valence-corrected chi connectivity index (χ3v) is 2.46. The van der Waals surface area contributed by atoms with Crippen LogP contribution >= 0.6 is 0 Å². The van der Waals surface area contributed by atoms with Crippen LogP contribution in [0, 0.1) is 6.07 Å². The van der Waals surface area contributed by atoms with Crippen LogP contribution in [-0.2, 0) is 6.54 Å². The molecule has 2 nitrogen and oxygen atoms in total. The third kappa shape index (κ3) is 3.61. The number of benzene rings is 2. The summed E-state index contributed by atoms with van der Waals surface area (Å²) in [6.07, 6.45) is 0. The first-order chi connectivity index (χ1) is 8.24. The van der Waals surface area contributed by atoms with Crippen LogP contribution in [-0.4, -0.2) is 19.0 Å². The molecule has 17 heavy (non-hydrogen) atoms. The highest BCUT2D eigenvalue weighted by Crippen LogP contribution is 2.16. The highest BCUT2D eigenvalue weighted by Gasteiger charge is 1.96. The van der Waals surface area contributed by atoms with Gasteiger partial charge in [0, 0.05) is 17.9 Å². The van der Waals surface area contributed by atoms with Crippen LogP contribution in [0.4, 0.5) is 11.4 Å². The molecule has 0 amide bonds. The Balaban J connectivity index is 2.03. The van der Waals surface area contributed by atoms with E-state index < -0.39 is 0 Å². The number of hydrogen-bond donors (Lipinski definition) is 1. The van der Waals surface area contributed by atoms with Gasteiger partial charge in [0.1, 0.15) is 0 Å². The summed E-state index contributed by atoms with van der Waals surface area (Å²) in [5.74, 6) is 0. The fourth-order valence-electron chi connectivity index (χ4n) is 1.70. The molecular formula is C15H17N2. The predicted octanol–water partition coefficient (Wildman–Crippen LogP) is 3.29. The lowest BCUT2D eigenvalue weighted by atomic mass is 10.2. The summed E-state index contributed by atoms with van der Waals surface area (Å²) >= 11 is 0. The average Bonchev–Trinajstić information content (AvgIpc) is 2.32. The van der Waals surface area contributed by atoms with Crippen molar-refractivity contribution in [2.75, 3.05) is 19.4 Å². The lowest BCUT2D eigenvalue weighted by molar-refractivity contribution is 0.402. The van der Waals surface area contributed by atoms with Crippen molar-refractivity contribution in [2.24, 2.45) is 0 Å². The second-order valence-electron chi connectivity index (χ2n) is 4.35. The molecule has 0 atom stereocenters. The maximum Gasteiger partial charge on any atom is 0.0384 e. The first kappa shape index (κ1) is 11.7. The van der Waals surface area contributed by atoms with Gasteiger partial charge in [0.05, 0.1) is 0 Å². The summed E-state index contributed by atoms with van der Waals surface area (Å²) in [4.78, 5) is 2.16. The second-order valence-corrected chi connectivity index (χ2v) is 4.35. The van der Waals surface area contributed by atoms with Gasteiger partial charge >= 0.3 is 0 Å². The lowest BCUT2D eigenvalue weighted by Crippen LogP contribution is -2.10. The van der Waals surface area contributed by atoms with Crippen molar-refractivity contribution in [3.63, 3.8) is 0 Å². The topological polar surface area (TPSA) is 15.3 Å². The van der Waals surface area contributed by atoms with E-state index in [1.54, 1.807) is 0 Å². The molecule has 0 aromatic heterocycles. The summed E-state index contributed by atoms with van der Waals surface area (Å²) < 4.78 is 0. The van der Waals surface area contributed by atoms with Crippen molar-refractivity contribution in [1.82, 2.24) is 4.90 Å². The van der Waals surface area contributed by atoms with Crippen molar-refractivity contribution in [3.8, 4) is 0 Å². The summed E-state index contributed by atoms with van der Waals surface area (Å²) in [5, 5.41) is 3.35. The smallest absolute Gasteiger partial charge is 0.0384 e. The Morgan fingerprint density at radius 3 is 2.12 bits per heavy atom. The van der Waals surface area contributed by atoms with Crippen LogP contribution in [0.5, 0.6) is 0 Å². The number of anilines is 2. The zero-order valence-corrected chi connectivity index (χ0v) is 10.3. The number of nitrogens with zero attached hydrogens (tertiary/aromatic N) is 1. The molecule has 0 aliphatic rings. The van der Waals surface area contributed by atoms with E-state index in [1.165, 1.54) is 5.56 Å². The van der Waals surface area contributed by atoms with Gasteiger partial charge in [-0.3, -0.25) is 0 Å². The summed E-state index contributed by atoms with van der Waals surface area (Å²) in [6.45, 7) is 0.973. The first-order valence-corrected chi connectivity index (χ1v) is 5.71. The molecule has 0 bridgehead atoms. The van der Waals surface area contributed by atoms with Crippen LogP contribution in [0.3, 0.4) is 0 Å². The maximum atomic E-state index is 3.35. The molecule has 1 N–H and O–H groups in total. The van der Waals surface area contributed by atoms with E-state index in [0.29, 0.717) is 0 Å². The van der Waals surface area contributed by atoms with E-state index in [0.717, 1.165) is 17.9 Å². The minimum Gasteiger partial charge on any atom is -0.356 e. The van der Waals surface area contributed by atoms with Gasteiger partial charge in [-0.15, -0.1) is 0 Å². The molecule has 0 saturated carbocycles. The zero-order chi connectivity index (χ0) is 12.1. The Labute approximate surface area is 103 Å². The van der Waals surface area contributed by atoms with Crippen LogP contribution in [0.15, 0.2) is 48.5 Å². The Morgan fingerprint density at radius 1 is 0.941 bits per heavy atom. The third-order valence-electron chi connectivity index (χ3n) is 2.46. The molecule has 0 aliphatic heterocycles. The molecule has 2 aromatic rings. The molecule has 0 unspecified atom stereocenters. The molecule has 0 aliphatic carbocycles. The molecular weight excluding hydrogens is 208 g/mol. The van der Waals surface area contributed by atoms with E-state index in [4.69, 9.17) is 0 Å². The van der Waals surface area contributed by atoms with E-state index in [-0.39, 0.29) is 0 Å². The van der Waals surface area contributed by atoms with E-state index in [1.807, 2.05) is 24.3 Å². The highest BCUT2D eigenvalue weighted by atomic mass is 15.0. The molecule has 1 radical (unpaired) electrons. The molecule has 0 fully saturated rings. The molecule has 2 rings (SSSR count). The minimum absolute atomic E-state index is 0.973. The molecule has 2 aromatic carbocycles. The van der Waals surface area contributed by atoms with Crippen LogP contribution in [0.1, 0.15) is 5.56 Å². The minimum atomic E-state index is 0.973. The fourth-order valence-corrected chi connectivity index (χ4v) is 1.70. The lowest BCUT2D eigenvalue weighted by Gasteiger charge is -2.11. The molecule has 2 heteroatoms. The van der Waals surface area contributed by atoms with Crippen molar-refractivity contribution < 1.29 is 0 Å². The zero-order valence-electron chi connectivity index (χ0n) is 10.3. The van der Waals surface area contributed by atoms with E-state index >= 15 is 0 Å². The summed E-state index contributed by atoms with van der Waals surface area (Å²) in [5.41, 5.74) is 3.52. The van der Waals surface area contributed by atoms with Crippen LogP contribution < -0.4 is 5.32 Å². The maximum absolute atomic E-state index is 3.35. The normalized spacial score (nSPS) is 10.5. The Hall–Kier alpha value is -1.80. The van der Waals surface area contributed by atoms with Gasteiger partial charge in [-0.25, -0.2) is 0 Å². The van der Waals surface area contributed by atoms with Crippen molar-refractivity contribution in [3.05, 3.63) is 60.2 Å². The first-order valence-electron chi connectivity index (χ1n) is 5.71. The standard InChI is InChI=1S/C15H17N2/c1-17(2)12-13-8-10-15(11-9-13)16-14-6-4-3-5-7-14/h4-11,16H,12H2,1-2H3. The van der Waals surface area contributed by atoms with E-state index in [9.17, 15) is 0 Å². The second kappa shape index (κ2) is 5.51. The highest BCUT2D eigenvalue weighted by molar-refractivity contribution is 5.59. The molecule has 0 spiro atoms. The van der Waals surface area contributed by atoms with Gasteiger partial charge in [-0.05, 0) is 50.0 Å². The number of hydrogen-bond acceptors (Lipinski definition) is 2. The molecule has 0 saturated heterocycles. The van der Waals surface area contributed by atoms with Gasteiger partial charge < -0.3 is 10.2 Å². The van der Waals surface area contributed by atoms with Crippen LogP contribution in [0.25, 0.3) is 0 Å². The van der Waals surface area contributed by atoms with Gasteiger partial charge in [0.25, 0.3) is 0 Å². The quantitative estimate of drug-likeness (QED) is 0.859. The van der Waals surface area contributed by atoms with Crippen molar-refractivity contribution in [1.29, 1.82) is 0 Å². The van der Waals surface area contributed by atoms with Gasteiger partial charge in [-0.2, -0.15) is 0 Å². The van der Waals surface area contributed by atoms with Crippen LogP contribution in [0.2, 0.25) is 0 Å². The summed E-state index contributed by atoms with van der Waals surface area (Å²) in [6, 6.07) is 19.3. The SMILES string of the molecule is CN(C)Cc1ccc(Nc2cc[c]cc2)cc1. The monoisotopic (exact) mass is 225 g/mol. The Morgan fingerprint density at radius 2 is 1.53 bits per heavy atom. The predicted molar refractivity (Wildman–Crippen MR) is 72.4 cm³/mol. The van der Waals surface area contributed by atoms with Crippen molar-refractivity contribution in [2.45, 2.75) is 6.54 Å².